The van der Waals surface area contributed by atoms with Gasteiger partial charge in [0.05, 0.1) is 0 Å². The predicted octanol–water partition coefficient (Wildman–Crippen LogP) is 6.54. The third kappa shape index (κ3) is 4.61. The molecule has 0 N–H and O–H groups in total. The Morgan fingerprint density at radius 3 is 2.50 bits per heavy atom. The number of allylic oxidation sites excluding steroid dienone is 1. The van der Waals surface area contributed by atoms with Gasteiger partial charge < -0.3 is 9.47 Å². The molecule has 0 saturated heterocycles. The first kappa shape index (κ1) is 21.0. The average molecular weight is 385 g/mol. The number of benzene rings is 1. The first-order valence-corrected chi connectivity index (χ1v) is 11.0. The molecule has 3 nitrogen and oxygen atoms in total. The fourth-order valence-electron chi connectivity index (χ4n) is 4.77. The van der Waals surface area contributed by atoms with Crippen molar-refractivity contribution in [3.63, 3.8) is 0 Å². The lowest BCUT2D eigenvalue weighted by Crippen LogP contribution is -2.36. The van der Waals surface area contributed by atoms with Crippen LogP contribution in [0.3, 0.4) is 0 Å². The molecule has 1 heterocycles. The van der Waals surface area contributed by atoms with Crippen LogP contribution in [0.15, 0.2) is 12.2 Å². The van der Waals surface area contributed by atoms with Gasteiger partial charge in [-0.2, -0.15) is 0 Å². The van der Waals surface area contributed by atoms with Gasteiger partial charge in [0, 0.05) is 18.9 Å². The van der Waals surface area contributed by atoms with Crippen molar-refractivity contribution in [3.05, 3.63) is 34.4 Å². The third-order valence-corrected chi connectivity index (χ3v) is 6.72. The predicted molar refractivity (Wildman–Crippen MR) is 114 cm³/mol. The minimum absolute atomic E-state index is 0.164. The SMILES string of the molecule is CC(=O)Oc1c(C)c(C)c2c(c1C)CC[C@@](C)(C/C=C/CC1CCCCC1)O2. The van der Waals surface area contributed by atoms with Gasteiger partial charge >= 0.3 is 5.97 Å². The summed E-state index contributed by atoms with van der Waals surface area (Å²) in [6, 6.07) is 0. The number of hydrogen-bond donors (Lipinski definition) is 0. The van der Waals surface area contributed by atoms with E-state index in [-0.39, 0.29) is 11.6 Å². The lowest BCUT2D eigenvalue weighted by Gasteiger charge is -2.37. The van der Waals surface area contributed by atoms with Gasteiger partial charge in [0.25, 0.3) is 0 Å². The minimum Gasteiger partial charge on any atom is -0.487 e. The van der Waals surface area contributed by atoms with Gasteiger partial charge in [0.1, 0.15) is 17.1 Å². The molecular formula is C25H36O3. The average Bonchev–Trinajstić information content (AvgIpc) is 2.67. The van der Waals surface area contributed by atoms with Crippen LogP contribution >= 0.6 is 0 Å². The van der Waals surface area contributed by atoms with E-state index in [1.165, 1.54) is 51.0 Å². The van der Waals surface area contributed by atoms with E-state index in [2.05, 4.69) is 26.0 Å². The third-order valence-electron chi connectivity index (χ3n) is 6.72. The molecule has 0 bridgehead atoms. The van der Waals surface area contributed by atoms with Gasteiger partial charge in [-0.05, 0) is 69.6 Å². The molecule has 0 aromatic heterocycles. The number of carbonyl (C=O) groups is 1. The summed E-state index contributed by atoms with van der Waals surface area (Å²) in [5, 5.41) is 0. The second-order valence-corrected chi connectivity index (χ2v) is 9.07. The second-order valence-electron chi connectivity index (χ2n) is 9.07. The Hall–Kier alpha value is -1.77. The number of hydrogen-bond acceptors (Lipinski definition) is 3. The maximum absolute atomic E-state index is 11.5. The van der Waals surface area contributed by atoms with Crippen molar-refractivity contribution in [3.8, 4) is 11.5 Å². The van der Waals surface area contributed by atoms with Crippen LogP contribution in [0.1, 0.15) is 87.5 Å². The van der Waals surface area contributed by atoms with Crippen molar-refractivity contribution >= 4 is 5.97 Å². The molecule has 1 aromatic carbocycles. The topological polar surface area (TPSA) is 35.5 Å². The highest BCUT2D eigenvalue weighted by Crippen LogP contribution is 2.44. The maximum Gasteiger partial charge on any atom is 0.308 e. The van der Waals surface area contributed by atoms with Crippen molar-refractivity contribution < 1.29 is 14.3 Å². The summed E-state index contributed by atoms with van der Waals surface area (Å²) in [4.78, 5) is 11.5. The molecule has 0 radical (unpaired) electrons. The van der Waals surface area contributed by atoms with Crippen molar-refractivity contribution in [1.82, 2.24) is 0 Å². The zero-order valence-corrected chi connectivity index (χ0v) is 18.3. The van der Waals surface area contributed by atoms with Crippen LogP contribution < -0.4 is 9.47 Å². The molecular weight excluding hydrogens is 348 g/mol. The van der Waals surface area contributed by atoms with E-state index in [1.54, 1.807) is 0 Å². The standard InChI is InChI=1S/C25H36O3/c1-17-18(2)24-22(19(3)23(17)27-20(4)26)14-16-25(5,28-24)15-10-9-13-21-11-7-6-8-12-21/h9-10,21H,6-8,11-16H2,1-5H3/b10-9+/t25-/m1/s1. The Balaban J connectivity index is 1.71. The van der Waals surface area contributed by atoms with E-state index in [0.29, 0.717) is 5.75 Å². The lowest BCUT2D eigenvalue weighted by atomic mass is 9.84. The Morgan fingerprint density at radius 1 is 1.11 bits per heavy atom. The molecule has 0 spiro atoms. The molecule has 3 heteroatoms. The highest BCUT2D eigenvalue weighted by atomic mass is 16.5. The largest absolute Gasteiger partial charge is 0.487 e. The lowest BCUT2D eigenvalue weighted by molar-refractivity contribution is -0.132. The highest BCUT2D eigenvalue weighted by molar-refractivity contribution is 5.72. The fourth-order valence-corrected chi connectivity index (χ4v) is 4.77. The summed E-state index contributed by atoms with van der Waals surface area (Å²) in [6.45, 7) is 9.82. The van der Waals surface area contributed by atoms with E-state index < -0.39 is 0 Å². The summed E-state index contributed by atoms with van der Waals surface area (Å²) in [7, 11) is 0. The van der Waals surface area contributed by atoms with E-state index in [9.17, 15) is 4.79 Å². The van der Waals surface area contributed by atoms with Gasteiger partial charge in [-0.1, -0.05) is 44.3 Å². The summed E-state index contributed by atoms with van der Waals surface area (Å²) in [5.41, 5.74) is 4.17. The van der Waals surface area contributed by atoms with E-state index in [4.69, 9.17) is 9.47 Å². The molecule has 1 aromatic rings. The first-order valence-electron chi connectivity index (χ1n) is 11.0. The van der Waals surface area contributed by atoms with Crippen LogP contribution in [0.25, 0.3) is 0 Å². The Kier molecular flexibility index (Phi) is 6.52. The summed E-state index contributed by atoms with van der Waals surface area (Å²) in [5.74, 6) is 2.33. The van der Waals surface area contributed by atoms with E-state index in [0.717, 1.165) is 47.6 Å². The molecule has 1 atom stereocenters. The van der Waals surface area contributed by atoms with E-state index in [1.807, 2.05) is 13.8 Å². The Labute approximate surface area is 170 Å². The number of ether oxygens (including phenoxy) is 2. The van der Waals surface area contributed by atoms with Gasteiger partial charge in [0.15, 0.2) is 0 Å². The first-order chi connectivity index (χ1) is 13.3. The van der Waals surface area contributed by atoms with Gasteiger partial charge in [-0.3, -0.25) is 4.79 Å². The number of esters is 1. The minimum atomic E-state index is -0.268. The number of carbonyl (C=O) groups excluding carboxylic acids is 1. The molecule has 28 heavy (non-hydrogen) atoms. The number of fused-ring (bicyclic) bond motifs is 1. The van der Waals surface area contributed by atoms with Gasteiger partial charge in [0.2, 0.25) is 0 Å². The molecule has 154 valence electrons. The zero-order chi connectivity index (χ0) is 20.3. The molecule has 1 fully saturated rings. The van der Waals surface area contributed by atoms with Gasteiger partial charge in [-0.15, -0.1) is 0 Å². The van der Waals surface area contributed by atoms with Crippen molar-refractivity contribution in [2.24, 2.45) is 5.92 Å². The zero-order valence-electron chi connectivity index (χ0n) is 18.3. The molecule has 1 aliphatic heterocycles. The second kappa shape index (κ2) is 8.71. The van der Waals surface area contributed by atoms with Crippen LogP contribution in [-0.4, -0.2) is 11.6 Å². The monoisotopic (exact) mass is 384 g/mol. The van der Waals surface area contributed by atoms with Crippen LogP contribution in [0, 0.1) is 26.7 Å². The summed E-state index contributed by atoms with van der Waals surface area (Å²) >= 11 is 0. The molecule has 0 amide bonds. The van der Waals surface area contributed by atoms with Crippen LogP contribution in [-0.2, 0) is 11.2 Å². The van der Waals surface area contributed by atoms with Crippen molar-refractivity contribution in [1.29, 1.82) is 0 Å². The molecule has 3 rings (SSSR count). The quantitative estimate of drug-likeness (QED) is 0.328. The van der Waals surface area contributed by atoms with Crippen molar-refractivity contribution in [2.45, 2.75) is 98.0 Å². The Morgan fingerprint density at radius 2 is 1.82 bits per heavy atom. The maximum atomic E-state index is 11.5. The fraction of sp³-hybridized carbons (Fsp3) is 0.640. The smallest absolute Gasteiger partial charge is 0.308 e. The van der Waals surface area contributed by atoms with Gasteiger partial charge in [-0.25, -0.2) is 0 Å². The summed E-state index contributed by atoms with van der Waals surface area (Å²) < 4.78 is 12.1. The van der Waals surface area contributed by atoms with Crippen LogP contribution in [0.5, 0.6) is 11.5 Å². The van der Waals surface area contributed by atoms with Crippen LogP contribution in [0.2, 0.25) is 0 Å². The summed E-state index contributed by atoms with van der Waals surface area (Å²) in [6.07, 6.45) is 15.9. The number of rotatable bonds is 5. The Bertz CT molecular complexity index is 756. The van der Waals surface area contributed by atoms with E-state index >= 15 is 0 Å². The van der Waals surface area contributed by atoms with Crippen molar-refractivity contribution in [2.75, 3.05) is 0 Å². The normalized spacial score (nSPS) is 22.8. The molecule has 1 aliphatic carbocycles. The molecule has 1 saturated carbocycles. The van der Waals surface area contributed by atoms with Crippen LogP contribution in [0.4, 0.5) is 0 Å². The molecule has 0 unspecified atom stereocenters. The highest BCUT2D eigenvalue weighted by Gasteiger charge is 2.34. The molecule has 2 aliphatic rings.